The Hall–Kier alpha value is -3.22. The van der Waals surface area contributed by atoms with Crippen LogP contribution in [0.2, 0.25) is 0 Å². The lowest BCUT2D eigenvalue weighted by atomic mass is 9.99. The molecule has 1 fully saturated rings. The van der Waals surface area contributed by atoms with Crippen LogP contribution in [0.3, 0.4) is 0 Å². The summed E-state index contributed by atoms with van der Waals surface area (Å²) in [6.07, 6.45) is 2.57. The van der Waals surface area contributed by atoms with E-state index in [1.807, 2.05) is 33.7 Å². The predicted octanol–water partition coefficient (Wildman–Crippen LogP) is 3.41. The van der Waals surface area contributed by atoms with Crippen LogP contribution in [0.5, 0.6) is 0 Å². The van der Waals surface area contributed by atoms with Gasteiger partial charge in [-0.05, 0) is 55.2 Å². The lowest BCUT2D eigenvalue weighted by molar-refractivity contribution is -0.133. The zero-order valence-electron chi connectivity index (χ0n) is 17.7. The molecule has 2 heterocycles. The number of imidazole rings is 1. The zero-order chi connectivity index (χ0) is 21.8. The minimum Gasteiger partial charge on any atom is -0.352 e. The van der Waals surface area contributed by atoms with E-state index in [2.05, 4.69) is 12.2 Å². The molecule has 0 radical (unpaired) electrons. The molecule has 0 bridgehead atoms. The van der Waals surface area contributed by atoms with Crippen LogP contribution in [0.1, 0.15) is 35.9 Å². The van der Waals surface area contributed by atoms with Gasteiger partial charge in [-0.2, -0.15) is 0 Å². The van der Waals surface area contributed by atoms with Gasteiger partial charge in [0.2, 0.25) is 5.91 Å². The van der Waals surface area contributed by atoms with Crippen molar-refractivity contribution in [2.75, 3.05) is 19.6 Å². The Kier molecular flexibility index (Phi) is 6.30. The molecule has 31 heavy (non-hydrogen) atoms. The fraction of sp³-hybridized carbons (Fsp3) is 0.375. The molecule has 4 rings (SSSR count). The molecule has 1 saturated heterocycles. The summed E-state index contributed by atoms with van der Waals surface area (Å²) in [5.41, 5.74) is 2.16. The van der Waals surface area contributed by atoms with Gasteiger partial charge < -0.3 is 14.8 Å². The first kappa shape index (κ1) is 21.0. The van der Waals surface area contributed by atoms with Crippen molar-refractivity contribution in [3.63, 3.8) is 0 Å². The topological polar surface area (TPSA) is 67.2 Å². The van der Waals surface area contributed by atoms with Crippen molar-refractivity contribution >= 4 is 22.8 Å². The molecule has 1 aliphatic heterocycles. The molecule has 0 saturated carbocycles. The number of likely N-dealkylation sites (tertiary alicyclic amines) is 1. The van der Waals surface area contributed by atoms with E-state index in [0.717, 1.165) is 42.8 Å². The quantitative estimate of drug-likeness (QED) is 0.662. The van der Waals surface area contributed by atoms with Gasteiger partial charge >= 0.3 is 0 Å². The Balaban J connectivity index is 1.45. The number of rotatable bonds is 6. The number of fused-ring (bicyclic) bond motifs is 1. The monoisotopic (exact) mass is 422 g/mol. The normalized spacial score (nSPS) is 14.7. The second kappa shape index (κ2) is 9.29. The van der Waals surface area contributed by atoms with Gasteiger partial charge in [0.25, 0.3) is 5.91 Å². The molecule has 6 nitrogen and oxygen atoms in total. The number of aromatic nitrogens is 2. The van der Waals surface area contributed by atoms with E-state index in [4.69, 9.17) is 4.98 Å². The number of piperidine rings is 1. The smallest absolute Gasteiger partial charge is 0.251 e. The van der Waals surface area contributed by atoms with E-state index < -0.39 is 0 Å². The van der Waals surface area contributed by atoms with Crippen molar-refractivity contribution in [2.24, 2.45) is 5.92 Å². The van der Waals surface area contributed by atoms with E-state index in [9.17, 15) is 14.0 Å². The van der Waals surface area contributed by atoms with Crippen molar-refractivity contribution in [1.82, 2.24) is 19.8 Å². The summed E-state index contributed by atoms with van der Waals surface area (Å²) in [7, 11) is 0. The number of halogens is 1. The molecule has 3 aromatic rings. The van der Waals surface area contributed by atoms with Gasteiger partial charge in [0.15, 0.2) is 0 Å². The van der Waals surface area contributed by atoms with E-state index in [-0.39, 0.29) is 24.2 Å². The van der Waals surface area contributed by atoms with Crippen molar-refractivity contribution in [1.29, 1.82) is 0 Å². The maximum absolute atomic E-state index is 13.1. The number of carbonyl (C=O) groups is 2. The number of para-hydroxylation sites is 2. The van der Waals surface area contributed by atoms with Crippen molar-refractivity contribution in [3.05, 3.63) is 65.7 Å². The van der Waals surface area contributed by atoms with E-state index in [0.29, 0.717) is 24.4 Å². The maximum Gasteiger partial charge on any atom is 0.251 e. The largest absolute Gasteiger partial charge is 0.352 e. The van der Waals surface area contributed by atoms with Crippen LogP contribution in [0.25, 0.3) is 11.0 Å². The van der Waals surface area contributed by atoms with Crippen molar-refractivity contribution in [2.45, 2.75) is 32.7 Å². The van der Waals surface area contributed by atoms with Crippen LogP contribution in [-0.2, 0) is 17.8 Å². The number of nitrogens with one attached hydrogen (secondary N) is 1. The van der Waals surface area contributed by atoms with E-state index >= 15 is 0 Å². The second-order valence-electron chi connectivity index (χ2n) is 8.18. The van der Waals surface area contributed by atoms with E-state index in [1.54, 1.807) is 0 Å². The Bertz CT molecular complexity index is 1070. The molecular formula is C24H27FN4O2. The van der Waals surface area contributed by atoms with Gasteiger partial charge in [-0.15, -0.1) is 0 Å². The van der Waals surface area contributed by atoms with Crippen LogP contribution >= 0.6 is 0 Å². The Morgan fingerprint density at radius 1 is 1.10 bits per heavy atom. The Morgan fingerprint density at radius 2 is 1.81 bits per heavy atom. The minimum atomic E-state index is -0.377. The lowest BCUT2D eigenvalue weighted by Gasteiger charge is -2.30. The molecule has 7 heteroatoms. The number of carbonyl (C=O) groups excluding carboxylic acids is 2. The summed E-state index contributed by atoms with van der Waals surface area (Å²) in [4.78, 5) is 31.9. The van der Waals surface area contributed by atoms with Gasteiger partial charge in [0.1, 0.15) is 18.2 Å². The molecule has 1 N–H and O–H groups in total. The molecule has 1 aromatic heterocycles. The first-order valence-corrected chi connectivity index (χ1v) is 10.8. The molecule has 2 aromatic carbocycles. The van der Waals surface area contributed by atoms with Crippen LogP contribution in [0.4, 0.5) is 4.39 Å². The molecule has 2 amide bonds. The highest BCUT2D eigenvalue weighted by Crippen LogP contribution is 2.19. The number of hydrogen-bond donors (Lipinski definition) is 1. The van der Waals surface area contributed by atoms with Crippen LogP contribution in [-0.4, -0.2) is 45.9 Å². The zero-order valence-corrected chi connectivity index (χ0v) is 17.7. The Morgan fingerprint density at radius 3 is 2.55 bits per heavy atom. The standard InChI is InChI=1S/C24H27FN4O2/c1-17-11-14-28(15-12-17)23(30)16-29-21-5-3-2-4-20(21)27-22(29)10-13-26-24(31)18-6-8-19(25)9-7-18/h2-9,17H,10-16H2,1H3,(H,26,31). The lowest BCUT2D eigenvalue weighted by Crippen LogP contribution is -2.40. The second-order valence-corrected chi connectivity index (χ2v) is 8.18. The SMILES string of the molecule is CC1CCN(C(=O)Cn2c(CCNC(=O)c3ccc(F)cc3)nc3ccccc32)CC1. The fourth-order valence-electron chi connectivity index (χ4n) is 3.98. The third-order valence-corrected chi connectivity index (χ3v) is 5.90. The minimum absolute atomic E-state index is 0.103. The fourth-order valence-corrected chi connectivity index (χ4v) is 3.98. The van der Waals surface area contributed by atoms with Crippen LogP contribution in [0.15, 0.2) is 48.5 Å². The Labute approximate surface area is 181 Å². The van der Waals surface area contributed by atoms with Gasteiger partial charge in [0.05, 0.1) is 11.0 Å². The average Bonchev–Trinajstić information content (AvgIpc) is 3.12. The van der Waals surface area contributed by atoms with Crippen LogP contribution < -0.4 is 5.32 Å². The molecule has 1 aliphatic rings. The highest BCUT2D eigenvalue weighted by atomic mass is 19.1. The number of benzene rings is 2. The van der Waals surface area contributed by atoms with Gasteiger partial charge in [0, 0.05) is 31.6 Å². The van der Waals surface area contributed by atoms with E-state index in [1.165, 1.54) is 24.3 Å². The summed E-state index contributed by atoms with van der Waals surface area (Å²) >= 11 is 0. The highest BCUT2D eigenvalue weighted by Gasteiger charge is 2.22. The van der Waals surface area contributed by atoms with Crippen molar-refractivity contribution in [3.8, 4) is 0 Å². The highest BCUT2D eigenvalue weighted by molar-refractivity contribution is 5.94. The predicted molar refractivity (Wildman–Crippen MR) is 117 cm³/mol. The average molecular weight is 423 g/mol. The summed E-state index contributed by atoms with van der Waals surface area (Å²) in [5, 5.41) is 2.85. The maximum atomic E-state index is 13.1. The molecule has 0 unspecified atom stereocenters. The molecule has 0 atom stereocenters. The number of nitrogens with zero attached hydrogens (tertiary/aromatic N) is 3. The van der Waals surface area contributed by atoms with Crippen LogP contribution in [0, 0.1) is 11.7 Å². The van der Waals surface area contributed by atoms with Gasteiger partial charge in [-0.25, -0.2) is 9.37 Å². The summed E-state index contributed by atoms with van der Waals surface area (Å²) in [6.45, 7) is 4.44. The van der Waals surface area contributed by atoms with Crippen molar-refractivity contribution < 1.29 is 14.0 Å². The third kappa shape index (κ3) is 4.93. The summed E-state index contributed by atoms with van der Waals surface area (Å²) < 4.78 is 15.0. The third-order valence-electron chi connectivity index (χ3n) is 5.90. The molecular weight excluding hydrogens is 395 g/mol. The molecule has 0 aliphatic carbocycles. The first-order chi connectivity index (χ1) is 15.0. The van der Waals surface area contributed by atoms with Gasteiger partial charge in [-0.1, -0.05) is 19.1 Å². The number of hydrogen-bond acceptors (Lipinski definition) is 3. The van der Waals surface area contributed by atoms with Gasteiger partial charge in [-0.3, -0.25) is 9.59 Å². The summed E-state index contributed by atoms with van der Waals surface area (Å²) in [5.74, 6) is 0.892. The molecule has 162 valence electrons. The summed E-state index contributed by atoms with van der Waals surface area (Å²) in [6, 6.07) is 13.2. The first-order valence-electron chi connectivity index (χ1n) is 10.8. The molecule has 0 spiro atoms. The number of amides is 2.